The molecule has 3 heterocycles. The molecule has 2 aromatic carbocycles. The molecule has 10 heteroatoms. The highest BCUT2D eigenvalue weighted by Crippen LogP contribution is 2.34. The van der Waals surface area contributed by atoms with Crippen LogP contribution in [0.2, 0.25) is 10.0 Å². The molecule has 5 rings (SSSR count). The summed E-state index contributed by atoms with van der Waals surface area (Å²) >= 11 is 13.5. The van der Waals surface area contributed by atoms with Gasteiger partial charge in [-0.15, -0.1) is 0 Å². The summed E-state index contributed by atoms with van der Waals surface area (Å²) in [6, 6.07) is 13.9. The molecule has 31 heavy (non-hydrogen) atoms. The molecule has 2 aromatic heterocycles. The summed E-state index contributed by atoms with van der Waals surface area (Å²) in [6.45, 7) is 0. The first kappa shape index (κ1) is 20.1. The maximum Gasteiger partial charge on any atom is 0.265 e. The van der Waals surface area contributed by atoms with Crippen molar-refractivity contribution in [3.05, 3.63) is 75.1 Å². The second-order valence-corrected chi connectivity index (χ2v) is 8.87. The van der Waals surface area contributed by atoms with Gasteiger partial charge in [-0.05, 0) is 36.4 Å². The third-order valence-corrected chi connectivity index (χ3v) is 6.69. The highest BCUT2D eigenvalue weighted by atomic mass is 35.5. The van der Waals surface area contributed by atoms with Crippen LogP contribution in [-0.2, 0) is 4.79 Å². The molecule has 0 bridgehead atoms. The zero-order valence-corrected chi connectivity index (χ0v) is 18.3. The lowest BCUT2D eigenvalue weighted by Gasteiger charge is -2.14. The molecular formula is C21H15Cl2N5O2S. The van der Waals surface area contributed by atoms with E-state index in [4.69, 9.17) is 23.2 Å². The number of anilines is 1. The van der Waals surface area contributed by atoms with Gasteiger partial charge in [-0.3, -0.25) is 14.2 Å². The van der Waals surface area contributed by atoms with Gasteiger partial charge in [-0.2, -0.15) is 5.10 Å². The fraction of sp³-hybridized carbons (Fsp3) is 0.143. The van der Waals surface area contributed by atoms with E-state index in [1.165, 1.54) is 18.0 Å². The average Bonchev–Trinajstić information content (AvgIpc) is 3.35. The van der Waals surface area contributed by atoms with Crippen LogP contribution in [0.1, 0.15) is 12.5 Å². The molecule has 1 aliphatic heterocycles. The number of hydrogen-bond acceptors (Lipinski definition) is 5. The minimum Gasteiger partial charge on any atom is -0.325 e. The minimum absolute atomic E-state index is 0.142. The molecule has 1 N–H and O–H groups in total. The van der Waals surface area contributed by atoms with E-state index in [0.29, 0.717) is 37.7 Å². The number of amides is 1. The lowest BCUT2D eigenvalue weighted by atomic mass is 10.2. The normalized spacial score (nSPS) is 15.2. The summed E-state index contributed by atoms with van der Waals surface area (Å²) in [6.07, 6.45) is 1.65. The van der Waals surface area contributed by atoms with Crippen LogP contribution in [-0.4, -0.2) is 31.0 Å². The van der Waals surface area contributed by atoms with Gasteiger partial charge in [0.2, 0.25) is 5.91 Å². The number of fused-ring (bicyclic) bond motifs is 2. The smallest absolute Gasteiger partial charge is 0.265 e. The van der Waals surface area contributed by atoms with Gasteiger partial charge in [0.25, 0.3) is 5.56 Å². The molecule has 0 aliphatic carbocycles. The Morgan fingerprint density at radius 3 is 2.71 bits per heavy atom. The summed E-state index contributed by atoms with van der Waals surface area (Å²) in [4.78, 5) is 30.5. The molecular weight excluding hydrogens is 457 g/mol. The summed E-state index contributed by atoms with van der Waals surface area (Å²) in [7, 11) is 0. The van der Waals surface area contributed by atoms with Gasteiger partial charge >= 0.3 is 0 Å². The Balaban J connectivity index is 1.45. The summed E-state index contributed by atoms with van der Waals surface area (Å²) in [5.41, 5.74) is 1.58. The number of para-hydroxylation sites is 1. The van der Waals surface area contributed by atoms with Crippen LogP contribution in [0, 0.1) is 0 Å². The molecule has 7 nitrogen and oxygen atoms in total. The number of hydrogen-bond donors (Lipinski definition) is 1. The van der Waals surface area contributed by atoms with Crippen molar-refractivity contribution in [1.29, 1.82) is 0 Å². The second kappa shape index (κ2) is 8.03. The molecule has 1 amide bonds. The van der Waals surface area contributed by atoms with Crippen molar-refractivity contribution in [2.45, 2.75) is 17.6 Å². The maximum atomic E-state index is 13.2. The quantitative estimate of drug-likeness (QED) is 0.441. The van der Waals surface area contributed by atoms with Crippen molar-refractivity contribution in [1.82, 2.24) is 19.3 Å². The monoisotopic (exact) mass is 471 g/mol. The van der Waals surface area contributed by atoms with E-state index < -0.39 is 0 Å². The fourth-order valence-corrected chi connectivity index (χ4v) is 4.97. The maximum absolute atomic E-state index is 13.2. The van der Waals surface area contributed by atoms with Crippen molar-refractivity contribution in [2.24, 2.45) is 0 Å². The van der Waals surface area contributed by atoms with E-state index in [1.807, 2.05) is 12.1 Å². The van der Waals surface area contributed by atoms with E-state index in [0.717, 1.165) is 5.69 Å². The van der Waals surface area contributed by atoms with Crippen molar-refractivity contribution in [2.75, 3.05) is 11.1 Å². The van der Waals surface area contributed by atoms with Gasteiger partial charge < -0.3 is 5.32 Å². The third kappa shape index (κ3) is 3.71. The molecule has 156 valence electrons. The predicted octanol–water partition coefficient (Wildman–Crippen LogP) is 4.56. The van der Waals surface area contributed by atoms with Crippen LogP contribution in [0.5, 0.6) is 0 Å². The van der Waals surface area contributed by atoms with E-state index >= 15 is 0 Å². The molecule has 0 saturated heterocycles. The number of carbonyl (C=O) groups is 1. The number of nitrogens with zero attached hydrogens (tertiary/aromatic N) is 4. The van der Waals surface area contributed by atoms with Crippen LogP contribution < -0.4 is 10.9 Å². The first-order valence-electron chi connectivity index (χ1n) is 9.44. The topological polar surface area (TPSA) is 81.8 Å². The zero-order chi connectivity index (χ0) is 21.5. The van der Waals surface area contributed by atoms with Crippen molar-refractivity contribution in [3.8, 4) is 5.69 Å². The van der Waals surface area contributed by atoms with Gasteiger partial charge in [-0.1, -0.05) is 47.1 Å². The van der Waals surface area contributed by atoms with Crippen LogP contribution >= 0.6 is 35.0 Å². The average molecular weight is 472 g/mol. The fourth-order valence-electron chi connectivity index (χ4n) is 3.53. The van der Waals surface area contributed by atoms with Crippen molar-refractivity contribution >= 4 is 57.6 Å². The van der Waals surface area contributed by atoms with E-state index in [1.54, 1.807) is 45.6 Å². The van der Waals surface area contributed by atoms with Crippen LogP contribution in [0.25, 0.3) is 16.7 Å². The lowest BCUT2D eigenvalue weighted by molar-refractivity contribution is -0.116. The zero-order valence-electron chi connectivity index (χ0n) is 16.0. The Morgan fingerprint density at radius 1 is 1.16 bits per heavy atom. The van der Waals surface area contributed by atoms with Crippen LogP contribution in [0.3, 0.4) is 0 Å². The van der Waals surface area contributed by atoms with Gasteiger partial charge in [0.1, 0.15) is 5.39 Å². The molecule has 0 saturated carbocycles. The van der Waals surface area contributed by atoms with Crippen LogP contribution in [0.15, 0.2) is 64.7 Å². The van der Waals surface area contributed by atoms with Gasteiger partial charge in [0.05, 0.1) is 28.6 Å². The first-order chi connectivity index (χ1) is 15.0. The van der Waals surface area contributed by atoms with Gasteiger partial charge in [0, 0.05) is 17.2 Å². The van der Waals surface area contributed by atoms with Crippen molar-refractivity contribution in [3.63, 3.8) is 0 Å². The van der Waals surface area contributed by atoms with Crippen molar-refractivity contribution < 1.29 is 4.79 Å². The number of nitrogens with one attached hydrogen (secondary N) is 1. The number of aromatic nitrogens is 4. The molecule has 0 spiro atoms. The Hall–Kier alpha value is -2.81. The molecule has 0 radical (unpaired) electrons. The predicted molar refractivity (Wildman–Crippen MR) is 123 cm³/mol. The van der Waals surface area contributed by atoms with E-state index in [2.05, 4.69) is 15.4 Å². The second-order valence-electron chi connectivity index (χ2n) is 7.04. The minimum atomic E-state index is -0.300. The number of halogens is 2. The standard InChI is InChI=1S/C21H15Cl2N5O2S/c22-12-5-7-13(8-6-12)28-19-15(10-24-28)20(30)27-14(11-31-21(27)26-19)9-18(29)25-17-4-2-1-3-16(17)23/h1-8,10,14H,9,11H2,(H,25,29). The first-order valence-corrected chi connectivity index (χ1v) is 11.2. The van der Waals surface area contributed by atoms with Gasteiger partial charge in [-0.25, -0.2) is 9.67 Å². The number of rotatable bonds is 4. The SMILES string of the molecule is O=C(CC1CSc2nc3c(cnn3-c3ccc(Cl)cc3)c(=O)n21)Nc1ccccc1Cl. The summed E-state index contributed by atoms with van der Waals surface area (Å²) in [5, 5.41) is 9.21. The number of benzene rings is 2. The van der Waals surface area contributed by atoms with Crippen LogP contribution in [0.4, 0.5) is 5.69 Å². The third-order valence-electron chi connectivity index (χ3n) is 5.01. The molecule has 1 atom stereocenters. The Labute approximate surface area is 191 Å². The highest BCUT2D eigenvalue weighted by Gasteiger charge is 2.29. The molecule has 1 unspecified atom stereocenters. The van der Waals surface area contributed by atoms with E-state index in [9.17, 15) is 9.59 Å². The largest absolute Gasteiger partial charge is 0.325 e. The lowest BCUT2D eigenvalue weighted by Crippen LogP contribution is -2.27. The Morgan fingerprint density at radius 2 is 1.94 bits per heavy atom. The van der Waals surface area contributed by atoms with Gasteiger partial charge in [0.15, 0.2) is 10.8 Å². The number of carbonyl (C=O) groups excluding carboxylic acids is 1. The number of thioether (sulfide) groups is 1. The summed E-state index contributed by atoms with van der Waals surface area (Å²) in [5.74, 6) is 0.370. The molecule has 1 aliphatic rings. The highest BCUT2D eigenvalue weighted by molar-refractivity contribution is 7.99. The molecule has 4 aromatic rings. The Bertz CT molecular complexity index is 1370. The molecule has 0 fully saturated rings. The Kier molecular flexibility index (Phi) is 5.21. The summed E-state index contributed by atoms with van der Waals surface area (Å²) < 4.78 is 3.21. The van der Waals surface area contributed by atoms with E-state index in [-0.39, 0.29) is 23.9 Å².